The summed E-state index contributed by atoms with van der Waals surface area (Å²) < 4.78 is 16.0. The molecule has 1 fully saturated rings. The lowest BCUT2D eigenvalue weighted by Gasteiger charge is -2.35. The highest BCUT2D eigenvalue weighted by Gasteiger charge is 2.44. The summed E-state index contributed by atoms with van der Waals surface area (Å²) >= 11 is 1.57. The van der Waals surface area contributed by atoms with E-state index in [1.165, 1.54) is 4.90 Å². The summed E-state index contributed by atoms with van der Waals surface area (Å²) in [6, 6.07) is 5.69. The van der Waals surface area contributed by atoms with Gasteiger partial charge in [0.05, 0.1) is 48.0 Å². The minimum absolute atomic E-state index is 0.0206. The number of carbonyl (C=O) groups is 4. The van der Waals surface area contributed by atoms with E-state index in [1.54, 1.807) is 32.1 Å². The van der Waals surface area contributed by atoms with Crippen LogP contribution >= 0.6 is 11.3 Å². The molecule has 1 aliphatic heterocycles. The Balaban J connectivity index is 1.50. The largest absolute Gasteiger partial charge is 0.444 e. The lowest BCUT2D eigenvalue weighted by molar-refractivity contribution is -0.144. The molecule has 4 amide bonds. The first kappa shape index (κ1) is 38.9. The number of aromatic nitrogens is 1. The minimum atomic E-state index is -0.968. The quantitative estimate of drug-likeness (QED) is 0.218. The monoisotopic (exact) mass is 689 g/mol. The molecule has 1 aliphatic rings. The van der Waals surface area contributed by atoms with Crippen LogP contribution in [-0.4, -0.2) is 102 Å². The van der Waals surface area contributed by atoms with Gasteiger partial charge in [-0.2, -0.15) is 0 Å². The van der Waals surface area contributed by atoms with Gasteiger partial charge < -0.3 is 40.2 Å². The van der Waals surface area contributed by atoms with E-state index in [1.807, 2.05) is 64.4 Å². The number of alkyl carbamates (subject to hydrolysis) is 1. The maximum atomic E-state index is 13.8. The molecule has 1 aromatic carbocycles. The number of carbonyl (C=O) groups excluding carboxylic acids is 4. The first-order valence-corrected chi connectivity index (χ1v) is 17.0. The third kappa shape index (κ3) is 11.8. The first-order chi connectivity index (χ1) is 22.5. The van der Waals surface area contributed by atoms with Crippen molar-refractivity contribution in [1.82, 2.24) is 25.8 Å². The number of aliphatic hydroxyl groups is 1. The number of rotatable bonds is 14. The highest BCUT2D eigenvalue weighted by atomic mass is 32.1. The summed E-state index contributed by atoms with van der Waals surface area (Å²) in [5.74, 6) is -1.33. The fraction of sp³-hybridized carbons (Fsp3) is 0.618. The predicted molar refractivity (Wildman–Crippen MR) is 182 cm³/mol. The van der Waals surface area contributed by atoms with Gasteiger partial charge in [0, 0.05) is 19.5 Å². The van der Waals surface area contributed by atoms with Gasteiger partial charge in [0.25, 0.3) is 0 Å². The van der Waals surface area contributed by atoms with Gasteiger partial charge in [0.1, 0.15) is 24.3 Å². The molecule has 13 nitrogen and oxygen atoms in total. The summed E-state index contributed by atoms with van der Waals surface area (Å²) in [4.78, 5) is 58.5. The smallest absolute Gasteiger partial charge is 0.407 e. The molecule has 4 N–H and O–H groups in total. The van der Waals surface area contributed by atoms with Crippen molar-refractivity contribution in [3.8, 4) is 10.4 Å². The number of aryl methyl sites for hydroxylation is 1. The molecule has 1 aromatic heterocycles. The molecule has 0 radical (unpaired) electrons. The zero-order valence-corrected chi connectivity index (χ0v) is 30.1. The van der Waals surface area contributed by atoms with Gasteiger partial charge in [-0.15, -0.1) is 11.3 Å². The van der Waals surface area contributed by atoms with Gasteiger partial charge in [-0.05, 0) is 51.2 Å². The molecule has 1 saturated heterocycles. The standard InChI is InChI=1S/C34H51N5O8S/c1-21(23-9-11-24(12-10-23)28-22(2)36-20-48-28)37-30(42)26-17-25(40)18-39(26)31(43)29(33(3,4)5)38-27(41)19-46-16-15-45-14-13-35-32(44)47-34(6,7)8/h9-12,20-21,25-26,29,40H,13-19H2,1-8H3,(H,35,44)(H,37,42)(H,38,41). The lowest BCUT2D eigenvalue weighted by atomic mass is 9.85. The topological polar surface area (TPSA) is 168 Å². The Kier molecular flexibility index (Phi) is 13.9. The van der Waals surface area contributed by atoms with Crippen LogP contribution < -0.4 is 16.0 Å². The van der Waals surface area contributed by atoms with Gasteiger partial charge >= 0.3 is 6.09 Å². The van der Waals surface area contributed by atoms with Gasteiger partial charge in [-0.25, -0.2) is 9.78 Å². The number of ether oxygens (including phenoxy) is 3. The zero-order valence-electron chi connectivity index (χ0n) is 29.3. The van der Waals surface area contributed by atoms with Crippen LogP contribution in [0.2, 0.25) is 0 Å². The van der Waals surface area contributed by atoms with E-state index < -0.39 is 47.1 Å². The summed E-state index contributed by atoms with van der Waals surface area (Å²) in [7, 11) is 0. The van der Waals surface area contributed by atoms with Crippen LogP contribution in [0.1, 0.15) is 72.2 Å². The normalized spacial score (nSPS) is 17.8. The van der Waals surface area contributed by atoms with Gasteiger partial charge in [0.15, 0.2) is 0 Å². The lowest BCUT2D eigenvalue weighted by Crippen LogP contribution is -2.58. The van der Waals surface area contributed by atoms with Crippen LogP contribution in [0.25, 0.3) is 10.4 Å². The maximum Gasteiger partial charge on any atom is 0.407 e. The number of nitrogens with one attached hydrogen (secondary N) is 3. The number of aliphatic hydroxyl groups excluding tert-OH is 1. The van der Waals surface area contributed by atoms with Crippen molar-refractivity contribution in [3.63, 3.8) is 0 Å². The van der Waals surface area contributed by atoms with E-state index in [2.05, 4.69) is 20.9 Å². The van der Waals surface area contributed by atoms with Crippen molar-refractivity contribution >= 4 is 35.2 Å². The third-order valence-corrected chi connectivity index (χ3v) is 8.56. The molecular weight excluding hydrogens is 638 g/mol. The van der Waals surface area contributed by atoms with E-state index in [9.17, 15) is 24.3 Å². The van der Waals surface area contributed by atoms with Crippen molar-refractivity contribution < 1.29 is 38.5 Å². The summed E-state index contributed by atoms with van der Waals surface area (Å²) in [6.07, 6.45) is -1.31. The zero-order chi connectivity index (χ0) is 35.6. The highest BCUT2D eigenvalue weighted by Crippen LogP contribution is 2.29. The van der Waals surface area contributed by atoms with Crippen molar-refractivity contribution in [2.75, 3.05) is 39.5 Å². The first-order valence-electron chi connectivity index (χ1n) is 16.2. The molecule has 266 valence electrons. The summed E-state index contributed by atoms with van der Waals surface area (Å²) in [6.45, 7) is 15.1. The number of thiazole rings is 1. The molecule has 0 saturated carbocycles. The minimum Gasteiger partial charge on any atom is -0.444 e. The van der Waals surface area contributed by atoms with Gasteiger partial charge in [-0.1, -0.05) is 45.0 Å². The second kappa shape index (κ2) is 17.2. The van der Waals surface area contributed by atoms with Gasteiger partial charge in [-0.3, -0.25) is 14.4 Å². The Morgan fingerprint density at radius 1 is 1.02 bits per heavy atom. The number of β-amino-alcohol motifs (C(OH)–C–C–N with tert-alkyl or cyclic N) is 1. The average Bonchev–Trinajstić information content (AvgIpc) is 3.60. The Morgan fingerprint density at radius 3 is 2.29 bits per heavy atom. The number of amides is 4. The molecule has 4 unspecified atom stereocenters. The van der Waals surface area contributed by atoms with Crippen LogP contribution in [0.15, 0.2) is 29.8 Å². The predicted octanol–water partition coefficient (Wildman–Crippen LogP) is 3.35. The Bertz CT molecular complexity index is 1390. The Hall–Kier alpha value is -3.59. The second-order valence-corrected chi connectivity index (χ2v) is 14.8. The van der Waals surface area contributed by atoms with E-state index in [0.717, 1.165) is 21.7 Å². The third-order valence-electron chi connectivity index (χ3n) is 7.58. The maximum absolute atomic E-state index is 13.8. The molecule has 0 bridgehead atoms. The summed E-state index contributed by atoms with van der Waals surface area (Å²) in [5, 5.41) is 18.8. The number of likely N-dealkylation sites (tertiary alicyclic amines) is 1. The van der Waals surface area contributed by atoms with Gasteiger partial charge in [0.2, 0.25) is 17.7 Å². The fourth-order valence-electron chi connectivity index (χ4n) is 5.14. The van der Waals surface area contributed by atoms with Crippen LogP contribution in [0, 0.1) is 12.3 Å². The SMILES string of the molecule is Cc1ncsc1-c1ccc(C(C)NC(=O)C2CC(O)CN2C(=O)C(NC(=O)COCCOCCNC(=O)OC(C)(C)C)C(C)(C)C)cc1. The molecule has 3 rings (SSSR count). The highest BCUT2D eigenvalue weighted by molar-refractivity contribution is 7.13. The summed E-state index contributed by atoms with van der Waals surface area (Å²) in [5.41, 5.74) is 3.43. The van der Waals surface area contributed by atoms with Crippen molar-refractivity contribution in [3.05, 3.63) is 41.0 Å². The molecule has 48 heavy (non-hydrogen) atoms. The second-order valence-electron chi connectivity index (χ2n) is 14.0. The molecule has 4 atom stereocenters. The average molecular weight is 690 g/mol. The van der Waals surface area contributed by atoms with E-state index in [-0.39, 0.29) is 57.9 Å². The fourth-order valence-corrected chi connectivity index (χ4v) is 5.95. The van der Waals surface area contributed by atoms with E-state index >= 15 is 0 Å². The van der Waals surface area contributed by atoms with Crippen molar-refractivity contribution in [2.24, 2.45) is 5.41 Å². The van der Waals surface area contributed by atoms with Crippen LogP contribution in [-0.2, 0) is 28.6 Å². The molecule has 14 heteroatoms. The van der Waals surface area contributed by atoms with Crippen LogP contribution in [0.3, 0.4) is 0 Å². The Morgan fingerprint density at radius 2 is 1.69 bits per heavy atom. The number of nitrogens with zero attached hydrogens (tertiary/aromatic N) is 2. The molecular formula is C34H51N5O8S. The van der Waals surface area contributed by atoms with E-state index in [0.29, 0.717) is 0 Å². The molecule has 0 aliphatic carbocycles. The Labute approximate surface area is 287 Å². The number of benzene rings is 1. The van der Waals surface area contributed by atoms with E-state index in [4.69, 9.17) is 14.2 Å². The molecule has 2 aromatic rings. The number of hydrogen-bond acceptors (Lipinski definition) is 10. The van der Waals surface area contributed by atoms with Crippen molar-refractivity contribution in [1.29, 1.82) is 0 Å². The number of hydrogen-bond donors (Lipinski definition) is 4. The van der Waals surface area contributed by atoms with Crippen LogP contribution in [0.5, 0.6) is 0 Å². The molecule has 2 heterocycles. The molecule has 0 spiro atoms. The van der Waals surface area contributed by atoms with Crippen molar-refractivity contribution in [2.45, 2.75) is 91.6 Å². The van der Waals surface area contributed by atoms with Crippen LogP contribution in [0.4, 0.5) is 4.79 Å².